The third-order valence-corrected chi connectivity index (χ3v) is 2.38. The van der Waals surface area contributed by atoms with Gasteiger partial charge in [-0.25, -0.2) is 0 Å². The van der Waals surface area contributed by atoms with Gasteiger partial charge < -0.3 is 10.4 Å². The Kier molecular flexibility index (Phi) is 1.99. The van der Waals surface area contributed by atoms with Crippen molar-refractivity contribution in [3.8, 4) is 0 Å². The van der Waals surface area contributed by atoms with Gasteiger partial charge >= 0.3 is 0 Å². The predicted octanol–water partition coefficient (Wildman–Crippen LogP) is 0.00840. The minimum absolute atomic E-state index is 0. The van der Waals surface area contributed by atoms with Crippen molar-refractivity contribution in [3.63, 3.8) is 0 Å². The van der Waals surface area contributed by atoms with Crippen LogP contribution in [0, 0.1) is 11.8 Å². The van der Waals surface area contributed by atoms with E-state index in [4.69, 9.17) is 0 Å². The summed E-state index contributed by atoms with van der Waals surface area (Å²) in [6.07, 6.45) is 1.30. The first-order chi connectivity index (χ1) is 3.88. The molecule has 2 atom stereocenters. The minimum Gasteiger partial charge on any atom is -0.392 e. The van der Waals surface area contributed by atoms with Crippen LogP contribution in [0.4, 0.5) is 0 Å². The third kappa shape index (κ3) is 0.955. The van der Waals surface area contributed by atoms with Crippen LogP contribution in [0.1, 0.15) is 6.42 Å². The molecule has 1 aliphatic carbocycles. The summed E-state index contributed by atoms with van der Waals surface area (Å²) >= 11 is 0. The number of fused-ring (bicyclic) bond motifs is 2. The lowest BCUT2D eigenvalue weighted by molar-refractivity contribution is -0.0630. The second kappa shape index (κ2) is 2.45. The van der Waals surface area contributed by atoms with Gasteiger partial charge in [0.05, 0.1) is 6.10 Å². The fourth-order valence-electron chi connectivity index (χ4n) is 1.72. The molecule has 0 aromatic carbocycles. The van der Waals surface area contributed by atoms with Crippen LogP contribution in [0.15, 0.2) is 0 Å². The van der Waals surface area contributed by atoms with Crippen LogP contribution < -0.4 is 5.32 Å². The second-order valence-electron chi connectivity index (χ2n) is 2.90. The van der Waals surface area contributed by atoms with Crippen LogP contribution in [0.25, 0.3) is 0 Å². The highest BCUT2D eigenvalue weighted by atomic mass is 35.5. The Balaban J connectivity index is 0.000000405. The van der Waals surface area contributed by atoms with Gasteiger partial charge in [-0.1, -0.05) is 0 Å². The van der Waals surface area contributed by atoms with E-state index in [1.54, 1.807) is 0 Å². The van der Waals surface area contributed by atoms with Crippen molar-refractivity contribution in [2.75, 3.05) is 13.1 Å². The van der Waals surface area contributed by atoms with Crippen molar-refractivity contribution in [2.24, 2.45) is 11.8 Å². The standard InChI is InChI=1S/C6H11NO.ClH/c8-6-4-1-5(6)3-7-2-4;/h4-8H,1-3H2;1H. The Morgan fingerprint density at radius 1 is 1.22 bits per heavy atom. The van der Waals surface area contributed by atoms with Gasteiger partial charge in [0.1, 0.15) is 0 Å². The summed E-state index contributed by atoms with van der Waals surface area (Å²) in [5, 5.41) is 12.4. The number of aliphatic hydroxyl groups excluding tert-OH is 1. The lowest BCUT2D eigenvalue weighted by Gasteiger charge is -2.46. The van der Waals surface area contributed by atoms with Crippen LogP contribution in [0.2, 0.25) is 0 Å². The van der Waals surface area contributed by atoms with E-state index in [0.717, 1.165) is 13.1 Å². The topological polar surface area (TPSA) is 32.3 Å². The summed E-state index contributed by atoms with van der Waals surface area (Å²) in [6, 6.07) is 0. The summed E-state index contributed by atoms with van der Waals surface area (Å²) in [5.74, 6) is 1.18. The number of nitrogens with one attached hydrogen (secondary N) is 1. The predicted molar refractivity (Wildman–Crippen MR) is 37.7 cm³/mol. The molecular formula is C6H12ClNO. The van der Waals surface area contributed by atoms with E-state index in [1.807, 2.05) is 0 Å². The molecule has 0 amide bonds. The average molecular weight is 150 g/mol. The molecule has 3 fully saturated rings. The Morgan fingerprint density at radius 2 is 1.78 bits per heavy atom. The highest BCUT2D eigenvalue weighted by Crippen LogP contribution is 2.35. The number of aliphatic hydroxyl groups is 1. The molecule has 0 spiro atoms. The van der Waals surface area contributed by atoms with Crippen LogP contribution >= 0.6 is 12.4 Å². The fraction of sp³-hybridized carbons (Fsp3) is 1.00. The highest BCUT2D eigenvalue weighted by Gasteiger charge is 2.42. The molecule has 0 aromatic heterocycles. The molecule has 2 saturated heterocycles. The summed E-state index contributed by atoms with van der Waals surface area (Å²) < 4.78 is 0. The quantitative estimate of drug-likeness (QED) is 0.509. The van der Waals surface area contributed by atoms with Crippen molar-refractivity contribution >= 4 is 12.4 Å². The lowest BCUT2D eigenvalue weighted by Crippen LogP contribution is -2.56. The van der Waals surface area contributed by atoms with E-state index in [0.29, 0.717) is 11.8 Å². The first-order valence-corrected chi connectivity index (χ1v) is 3.26. The van der Waals surface area contributed by atoms with Crippen molar-refractivity contribution in [2.45, 2.75) is 12.5 Å². The molecule has 2 heterocycles. The van der Waals surface area contributed by atoms with Crippen LogP contribution in [-0.2, 0) is 0 Å². The molecular weight excluding hydrogens is 138 g/mol. The number of hydrogen-bond acceptors (Lipinski definition) is 2. The van der Waals surface area contributed by atoms with Crippen molar-refractivity contribution in [3.05, 3.63) is 0 Å². The van der Waals surface area contributed by atoms with E-state index in [2.05, 4.69) is 5.32 Å². The van der Waals surface area contributed by atoms with E-state index < -0.39 is 0 Å². The molecule has 0 radical (unpaired) electrons. The molecule has 3 heteroatoms. The number of hydrogen-bond donors (Lipinski definition) is 2. The first-order valence-electron chi connectivity index (χ1n) is 3.26. The van der Waals surface area contributed by atoms with Crippen LogP contribution in [0.3, 0.4) is 0 Å². The van der Waals surface area contributed by atoms with E-state index >= 15 is 0 Å². The average Bonchev–Trinajstić information content (AvgIpc) is 1.89. The normalized spacial score (nSPS) is 47.0. The molecule has 2 aliphatic heterocycles. The zero-order valence-corrected chi connectivity index (χ0v) is 6.03. The van der Waals surface area contributed by atoms with E-state index in [9.17, 15) is 5.11 Å². The maximum atomic E-state index is 9.19. The Labute approximate surface area is 61.0 Å². The molecule has 1 saturated carbocycles. The van der Waals surface area contributed by atoms with Crippen LogP contribution in [-0.4, -0.2) is 24.3 Å². The zero-order valence-electron chi connectivity index (χ0n) is 5.21. The smallest absolute Gasteiger partial charge is 0.0621 e. The van der Waals surface area contributed by atoms with Gasteiger partial charge in [0.15, 0.2) is 0 Å². The largest absolute Gasteiger partial charge is 0.392 e. The molecule has 3 aliphatic rings. The number of halogens is 1. The van der Waals surface area contributed by atoms with Gasteiger partial charge in [0.25, 0.3) is 0 Å². The van der Waals surface area contributed by atoms with Gasteiger partial charge in [-0.2, -0.15) is 0 Å². The highest BCUT2D eigenvalue weighted by molar-refractivity contribution is 5.85. The van der Waals surface area contributed by atoms with Crippen molar-refractivity contribution in [1.29, 1.82) is 0 Å². The molecule has 0 aromatic rings. The summed E-state index contributed by atoms with van der Waals surface area (Å²) in [6.45, 7) is 2.08. The summed E-state index contributed by atoms with van der Waals surface area (Å²) in [7, 11) is 0. The minimum atomic E-state index is 0. The number of piperidine rings is 2. The van der Waals surface area contributed by atoms with Gasteiger partial charge in [-0.15, -0.1) is 12.4 Å². The first kappa shape index (κ1) is 7.32. The van der Waals surface area contributed by atoms with Crippen molar-refractivity contribution < 1.29 is 5.11 Å². The van der Waals surface area contributed by atoms with E-state index in [1.165, 1.54) is 6.42 Å². The number of rotatable bonds is 0. The SMILES string of the molecule is Cl.OC1C2CNCC1C2. The fourth-order valence-corrected chi connectivity index (χ4v) is 1.72. The summed E-state index contributed by atoms with van der Waals surface area (Å²) in [5.41, 5.74) is 0. The van der Waals surface area contributed by atoms with Gasteiger partial charge in [-0.05, 0) is 18.3 Å². The molecule has 54 valence electrons. The second-order valence-corrected chi connectivity index (χ2v) is 2.90. The van der Waals surface area contributed by atoms with Crippen LogP contribution in [0.5, 0.6) is 0 Å². The molecule has 2 N–H and O–H groups in total. The third-order valence-electron chi connectivity index (χ3n) is 2.38. The lowest BCUT2D eigenvalue weighted by atomic mass is 9.69. The molecule has 2 bridgehead atoms. The maximum Gasteiger partial charge on any atom is 0.0621 e. The zero-order chi connectivity index (χ0) is 5.56. The molecule has 9 heavy (non-hydrogen) atoms. The van der Waals surface area contributed by atoms with E-state index in [-0.39, 0.29) is 18.5 Å². The Bertz CT molecular complexity index is 95.2. The van der Waals surface area contributed by atoms with Gasteiger partial charge in [-0.3, -0.25) is 0 Å². The maximum absolute atomic E-state index is 9.19. The Morgan fingerprint density at radius 3 is 2.00 bits per heavy atom. The summed E-state index contributed by atoms with van der Waals surface area (Å²) in [4.78, 5) is 0. The molecule has 3 rings (SSSR count). The van der Waals surface area contributed by atoms with Crippen molar-refractivity contribution in [1.82, 2.24) is 5.32 Å². The van der Waals surface area contributed by atoms with Gasteiger partial charge in [0, 0.05) is 13.1 Å². The molecule has 2 nitrogen and oxygen atoms in total. The Hall–Kier alpha value is 0.210. The molecule has 2 unspecified atom stereocenters. The van der Waals surface area contributed by atoms with Gasteiger partial charge in [0.2, 0.25) is 0 Å². The monoisotopic (exact) mass is 149 g/mol.